The minimum Gasteiger partial charge on any atom is -0.441 e. The molecule has 0 saturated heterocycles. The van der Waals surface area contributed by atoms with Gasteiger partial charge in [0.1, 0.15) is 11.6 Å². The summed E-state index contributed by atoms with van der Waals surface area (Å²) in [4.78, 5) is 4.34. The van der Waals surface area contributed by atoms with Crippen molar-refractivity contribution >= 4 is 16.8 Å². The molecular formula is C18H16N4O2. The van der Waals surface area contributed by atoms with E-state index in [-0.39, 0.29) is 6.04 Å². The number of nitrogens with one attached hydrogen (secondary N) is 1. The Kier molecular flexibility index (Phi) is 3.49. The second-order valence-electron chi connectivity index (χ2n) is 5.59. The van der Waals surface area contributed by atoms with Gasteiger partial charge < -0.3 is 14.2 Å². The van der Waals surface area contributed by atoms with Crippen molar-refractivity contribution in [2.45, 2.75) is 19.9 Å². The molecule has 120 valence electrons. The van der Waals surface area contributed by atoms with Crippen molar-refractivity contribution in [3.05, 3.63) is 60.3 Å². The Hall–Kier alpha value is -3.15. The highest BCUT2D eigenvalue weighted by Gasteiger charge is 2.15. The summed E-state index contributed by atoms with van der Waals surface area (Å²) >= 11 is 0. The number of hydrogen-bond donors (Lipinski definition) is 1. The van der Waals surface area contributed by atoms with Crippen LogP contribution in [0, 0.1) is 6.92 Å². The standard InChI is InChI=1S/C18H16N4O2/c1-11(17-21-22-18(24-17)13-6-4-3-5-7-13)19-14-8-9-16-15(10-14)20-12(2)23-16/h3-11,19H,1-2H3/t11-/m0/s1. The van der Waals surface area contributed by atoms with Gasteiger partial charge in [-0.1, -0.05) is 18.2 Å². The topological polar surface area (TPSA) is 77.0 Å². The van der Waals surface area contributed by atoms with Crippen LogP contribution in [0.4, 0.5) is 5.69 Å². The number of rotatable bonds is 4. The Morgan fingerprint density at radius 1 is 1.00 bits per heavy atom. The fraction of sp³-hybridized carbons (Fsp3) is 0.167. The molecule has 0 bridgehead atoms. The average Bonchev–Trinajstić information content (AvgIpc) is 3.21. The van der Waals surface area contributed by atoms with E-state index in [2.05, 4.69) is 20.5 Å². The van der Waals surface area contributed by atoms with Crippen molar-refractivity contribution in [2.75, 3.05) is 5.32 Å². The summed E-state index contributed by atoms with van der Waals surface area (Å²) in [6.45, 7) is 3.81. The lowest BCUT2D eigenvalue weighted by atomic mass is 10.2. The van der Waals surface area contributed by atoms with Crippen LogP contribution in [-0.2, 0) is 0 Å². The highest BCUT2D eigenvalue weighted by atomic mass is 16.4. The number of aromatic nitrogens is 3. The van der Waals surface area contributed by atoms with Gasteiger partial charge in [-0.3, -0.25) is 0 Å². The number of hydrogen-bond acceptors (Lipinski definition) is 6. The zero-order valence-electron chi connectivity index (χ0n) is 13.4. The molecule has 0 radical (unpaired) electrons. The van der Waals surface area contributed by atoms with E-state index in [1.54, 1.807) is 0 Å². The second kappa shape index (κ2) is 5.81. The van der Waals surface area contributed by atoms with Gasteiger partial charge >= 0.3 is 0 Å². The van der Waals surface area contributed by atoms with Gasteiger partial charge in [0.25, 0.3) is 0 Å². The van der Waals surface area contributed by atoms with Crippen LogP contribution in [0.1, 0.15) is 24.7 Å². The van der Waals surface area contributed by atoms with Crippen molar-refractivity contribution in [3.63, 3.8) is 0 Å². The van der Waals surface area contributed by atoms with Gasteiger partial charge in [-0.25, -0.2) is 4.98 Å². The Labute approximate surface area is 138 Å². The van der Waals surface area contributed by atoms with E-state index in [0.717, 1.165) is 22.4 Å². The summed E-state index contributed by atoms with van der Waals surface area (Å²) in [5, 5.41) is 11.6. The van der Waals surface area contributed by atoms with Gasteiger partial charge in [0.05, 0.1) is 0 Å². The summed E-state index contributed by atoms with van der Waals surface area (Å²) < 4.78 is 11.3. The van der Waals surface area contributed by atoms with E-state index >= 15 is 0 Å². The minimum absolute atomic E-state index is 0.125. The van der Waals surface area contributed by atoms with E-state index in [9.17, 15) is 0 Å². The molecule has 2 heterocycles. The maximum atomic E-state index is 5.78. The molecule has 4 aromatic rings. The fourth-order valence-electron chi connectivity index (χ4n) is 2.55. The lowest BCUT2D eigenvalue weighted by Gasteiger charge is -2.10. The van der Waals surface area contributed by atoms with Gasteiger partial charge in [0, 0.05) is 18.2 Å². The molecule has 0 fully saturated rings. The maximum Gasteiger partial charge on any atom is 0.247 e. The van der Waals surface area contributed by atoms with Crippen LogP contribution in [0.3, 0.4) is 0 Å². The summed E-state index contributed by atoms with van der Waals surface area (Å²) in [6, 6.07) is 15.4. The van der Waals surface area contributed by atoms with Crippen molar-refractivity contribution < 1.29 is 8.83 Å². The van der Waals surface area contributed by atoms with E-state index in [0.29, 0.717) is 17.7 Å². The first-order valence-electron chi connectivity index (χ1n) is 7.71. The van der Waals surface area contributed by atoms with Gasteiger partial charge in [-0.15, -0.1) is 10.2 Å². The third kappa shape index (κ3) is 2.74. The average molecular weight is 320 g/mol. The first-order valence-corrected chi connectivity index (χ1v) is 7.71. The van der Waals surface area contributed by atoms with E-state index < -0.39 is 0 Å². The van der Waals surface area contributed by atoms with Crippen LogP contribution < -0.4 is 5.32 Å². The normalized spacial score (nSPS) is 12.4. The van der Waals surface area contributed by atoms with Crippen molar-refractivity contribution in [2.24, 2.45) is 0 Å². The van der Waals surface area contributed by atoms with Crippen LogP contribution in [0.15, 0.2) is 57.4 Å². The van der Waals surface area contributed by atoms with Crippen LogP contribution in [0.2, 0.25) is 0 Å². The summed E-state index contributed by atoms with van der Waals surface area (Å²) in [5.41, 5.74) is 3.42. The largest absolute Gasteiger partial charge is 0.441 e. The molecule has 1 N–H and O–H groups in total. The third-order valence-corrected chi connectivity index (χ3v) is 3.71. The Morgan fingerprint density at radius 2 is 1.83 bits per heavy atom. The fourth-order valence-corrected chi connectivity index (χ4v) is 2.55. The first kappa shape index (κ1) is 14.4. The summed E-state index contributed by atoms with van der Waals surface area (Å²) in [7, 11) is 0. The molecule has 6 heteroatoms. The predicted molar refractivity (Wildman–Crippen MR) is 90.5 cm³/mol. The van der Waals surface area contributed by atoms with Crippen LogP contribution >= 0.6 is 0 Å². The Bertz CT molecular complexity index is 975. The van der Waals surface area contributed by atoms with Crippen molar-refractivity contribution in [3.8, 4) is 11.5 Å². The molecule has 0 aliphatic rings. The Morgan fingerprint density at radius 3 is 2.67 bits per heavy atom. The van der Waals surface area contributed by atoms with Crippen LogP contribution in [-0.4, -0.2) is 15.2 Å². The number of benzene rings is 2. The molecule has 0 aliphatic carbocycles. The zero-order valence-corrected chi connectivity index (χ0v) is 13.4. The highest BCUT2D eigenvalue weighted by Crippen LogP contribution is 2.25. The van der Waals surface area contributed by atoms with E-state index in [1.807, 2.05) is 62.4 Å². The molecule has 1 atom stereocenters. The maximum absolute atomic E-state index is 5.78. The molecular weight excluding hydrogens is 304 g/mol. The third-order valence-electron chi connectivity index (χ3n) is 3.71. The van der Waals surface area contributed by atoms with Gasteiger partial charge in [-0.2, -0.15) is 0 Å². The monoisotopic (exact) mass is 320 g/mol. The molecule has 0 saturated carbocycles. The van der Waals surface area contributed by atoms with E-state index in [4.69, 9.17) is 8.83 Å². The van der Waals surface area contributed by atoms with E-state index in [1.165, 1.54) is 0 Å². The number of fused-ring (bicyclic) bond motifs is 1. The van der Waals surface area contributed by atoms with Crippen LogP contribution in [0.25, 0.3) is 22.6 Å². The summed E-state index contributed by atoms with van der Waals surface area (Å²) in [6.07, 6.45) is 0. The number of nitrogens with zero attached hydrogens (tertiary/aromatic N) is 3. The molecule has 2 aromatic heterocycles. The lowest BCUT2D eigenvalue weighted by Crippen LogP contribution is -2.06. The van der Waals surface area contributed by atoms with Crippen molar-refractivity contribution in [1.82, 2.24) is 15.2 Å². The molecule has 0 spiro atoms. The Balaban J connectivity index is 1.55. The number of aryl methyl sites for hydroxylation is 1. The highest BCUT2D eigenvalue weighted by molar-refractivity contribution is 5.77. The lowest BCUT2D eigenvalue weighted by molar-refractivity contribution is 0.485. The van der Waals surface area contributed by atoms with Gasteiger partial charge in [-0.05, 0) is 37.3 Å². The zero-order chi connectivity index (χ0) is 16.5. The van der Waals surface area contributed by atoms with Crippen molar-refractivity contribution in [1.29, 1.82) is 0 Å². The molecule has 24 heavy (non-hydrogen) atoms. The number of anilines is 1. The number of oxazole rings is 1. The SMILES string of the molecule is Cc1nc2cc(N[C@@H](C)c3nnc(-c4ccccc4)o3)ccc2o1. The quantitative estimate of drug-likeness (QED) is 0.602. The second-order valence-corrected chi connectivity index (χ2v) is 5.59. The van der Waals surface area contributed by atoms with Gasteiger partial charge in [0.15, 0.2) is 11.5 Å². The molecule has 4 rings (SSSR count). The molecule has 0 amide bonds. The smallest absolute Gasteiger partial charge is 0.247 e. The van der Waals surface area contributed by atoms with Gasteiger partial charge in [0.2, 0.25) is 11.8 Å². The first-order chi connectivity index (χ1) is 11.7. The predicted octanol–water partition coefficient (Wildman–Crippen LogP) is 4.36. The van der Waals surface area contributed by atoms with Crippen LogP contribution in [0.5, 0.6) is 0 Å². The summed E-state index contributed by atoms with van der Waals surface area (Å²) in [5.74, 6) is 1.70. The molecule has 0 aliphatic heterocycles. The molecule has 2 aromatic carbocycles. The molecule has 6 nitrogen and oxygen atoms in total. The molecule has 0 unspecified atom stereocenters. The minimum atomic E-state index is -0.125.